The van der Waals surface area contributed by atoms with Crippen molar-refractivity contribution in [2.45, 2.75) is 101 Å². The molecule has 1 amide bonds. The average Bonchev–Trinajstić information content (AvgIpc) is 3.49. The smallest absolute Gasteiger partial charge is 0.367 e. The molecule has 4 aliphatic rings. The van der Waals surface area contributed by atoms with Crippen molar-refractivity contribution >= 4 is 17.5 Å². The fraction of sp³-hybridized carbons (Fsp3) is 0.562. The number of hydrogen-bond donors (Lipinski definition) is 2. The predicted octanol–water partition coefficient (Wildman–Crippen LogP) is 6.05. The summed E-state index contributed by atoms with van der Waals surface area (Å²) in [5.74, 6) is 1.41. The lowest BCUT2D eigenvalue weighted by Gasteiger charge is -2.46. The van der Waals surface area contributed by atoms with Crippen LogP contribution < -0.4 is 15.5 Å². The summed E-state index contributed by atoms with van der Waals surface area (Å²) in [5, 5.41) is 15.2. The van der Waals surface area contributed by atoms with E-state index in [-0.39, 0.29) is 41.6 Å². The van der Waals surface area contributed by atoms with Crippen molar-refractivity contribution < 1.29 is 22.4 Å². The summed E-state index contributed by atoms with van der Waals surface area (Å²) in [4.78, 5) is 20.0. The molecule has 0 spiro atoms. The molecule has 1 aliphatic heterocycles. The second-order valence-corrected chi connectivity index (χ2v) is 13.7. The lowest BCUT2D eigenvalue weighted by molar-refractivity contribution is -0.138. The molecule has 7 rings (SSSR count). The Hall–Kier alpha value is -3.54. The number of benzene rings is 1. The summed E-state index contributed by atoms with van der Waals surface area (Å²) in [6, 6.07) is 6.37. The molecule has 12 heteroatoms. The van der Waals surface area contributed by atoms with Crippen LogP contribution in [0.5, 0.6) is 0 Å². The standard InChI is InChI=1S/C32H37F4N7O/c1-18-13-31(14-18,29-41-38-17-42(29)3)20-9-26(39-22-11-21(33)12-22)40-27(10-20)43-16-24-23(28(43)44)7-19(8-25(24)32(34,35)36)15-37-30(2)5-4-6-30/h7-10,17-18,21-22,37H,4-6,11-16H2,1-3H3,(H,39,40). The predicted molar refractivity (Wildman–Crippen MR) is 157 cm³/mol. The van der Waals surface area contributed by atoms with Gasteiger partial charge in [0, 0.05) is 30.7 Å². The first-order valence-corrected chi connectivity index (χ1v) is 15.4. The van der Waals surface area contributed by atoms with Gasteiger partial charge < -0.3 is 15.2 Å². The van der Waals surface area contributed by atoms with Crippen LogP contribution in [-0.4, -0.2) is 43.4 Å². The van der Waals surface area contributed by atoms with Gasteiger partial charge in [-0.15, -0.1) is 10.2 Å². The third-order valence-corrected chi connectivity index (χ3v) is 10.2. The van der Waals surface area contributed by atoms with Gasteiger partial charge in [0.1, 0.15) is 30.0 Å². The van der Waals surface area contributed by atoms with Gasteiger partial charge in [0.15, 0.2) is 0 Å². The lowest BCUT2D eigenvalue weighted by atomic mass is 9.58. The molecule has 3 fully saturated rings. The molecule has 1 aromatic carbocycles. The maximum Gasteiger partial charge on any atom is 0.416 e. The van der Waals surface area contributed by atoms with Crippen molar-refractivity contribution in [3.8, 4) is 0 Å². The van der Waals surface area contributed by atoms with Crippen molar-refractivity contribution in [1.29, 1.82) is 0 Å². The first kappa shape index (κ1) is 29.2. The number of anilines is 2. The molecule has 0 atom stereocenters. The van der Waals surface area contributed by atoms with E-state index in [0.717, 1.165) is 43.5 Å². The summed E-state index contributed by atoms with van der Waals surface area (Å²) in [6.45, 7) is 4.23. The van der Waals surface area contributed by atoms with Crippen molar-refractivity contribution in [2.24, 2.45) is 13.0 Å². The highest BCUT2D eigenvalue weighted by Gasteiger charge is 2.49. The van der Waals surface area contributed by atoms with E-state index in [9.17, 15) is 22.4 Å². The molecule has 2 aromatic heterocycles. The zero-order valence-electron chi connectivity index (χ0n) is 25.1. The summed E-state index contributed by atoms with van der Waals surface area (Å²) in [7, 11) is 1.88. The van der Waals surface area contributed by atoms with Crippen LogP contribution in [0.4, 0.5) is 29.2 Å². The van der Waals surface area contributed by atoms with Gasteiger partial charge in [-0.3, -0.25) is 9.69 Å². The maximum atomic E-state index is 14.4. The van der Waals surface area contributed by atoms with E-state index >= 15 is 0 Å². The molecular weight excluding hydrogens is 574 g/mol. The number of aromatic nitrogens is 4. The molecule has 3 aliphatic carbocycles. The van der Waals surface area contributed by atoms with Gasteiger partial charge in [-0.1, -0.05) is 6.92 Å². The van der Waals surface area contributed by atoms with Crippen molar-refractivity contribution in [2.75, 3.05) is 10.2 Å². The molecule has 44 heavy (non-hydrogen) atoms. The first-order valence-electron chi connectivity index (χ1n) is 15.4. The fourth-order valence-corrected chi connectivity index (χ4v) is 7.48. The zero-order chi connectivity index (χ0) is 31.0. The van der Waals surface area contributed by atoms with Gasteiger partial charge in [0.2, 0.25) is 0 Å². The van der Waals surface area contributed by atoms with Gasteiger partial charge in [0.25, 0.3) is 5.91 Å². The van der Waals surface area contributed by atoms with Crippen molar-refractivity contribution in [3.05, 3.63) is 64.2 Å². The van der Waals surface area contributed by atoms with E-state index in [4.69, 9.17) is 4.98 Å². The molecule has 0 unspecified atom stereocenters. The molecule has 8 nitrogen and oxygen atoms in total. The summed E-state index contributed by atoms with van der Waals surface area (Å²) in [6.07, 6.45) is 1.46. The zero-order valence-corrected chi connectivity index (χ0v) is 25.1. The molecule has 3 saturated carbocycles. The minimum Gasteiger partial charge on any atom is -0.367 e. The Morgan fingerprint density at radius 2 is 1.86 bits per heavy atom. The van der Waals surface area contributed by atoms with Crippen LogP contribution in [0.3, 0.4) is 0 Å². The topological polar surface area (TPSA) is 88.0 Å². The molecule has 3 aromatic rings. The van der Waals surface area contributed by atoms with Gasteiger partial charge in [-0.05, 0) is 98.7 Å². The number of carbonyl (C=O) groups excluding carboxylic acids is 1. The number of nitrogens with one attached hydrogen (secondary N) is 2. The highest BCUT2D eigenvalue weighted by atomic mass is 19.4. The Morgan fingerprint density at radius 1 is 1.11 bits per heavy atom. The molecule has 0 bridgehead atoms. The van der Waals surface area contributed by atoms with E-state index in [0.29, 0.717) is 30.1 Å². The quantitative estimate of drug-likeness (QED) is 0.302. The molecule has 3 heterocycles. The number of carbonyl (C=O) groups is 1. The monoisotopic (exact) mass is 611 g/mol. The van der Waals surface area contributed by atoms with Crippen LogP contribution >= 0.6 is 0 Å². The number of aryl methyl sites for hydroxylation is 1. The van der Waals surface area contributed by atoms with Gasteiger partial charge in [0.05, 0.1) is 17.5 Å². The van der Waals surface area contributed by atoms with Crippen molar-refractivity contribution in [1.82, 2.24) is 25.1 Å². The number of pyridine rings is 1. The molecule has 234 valence electrons. The fourth-order valence-electron chi connectivity index (χ4n) is 7.48. The number of halogens is 4. The van der Waals surface area contributed by atoms with Crippen LogP contribution in [0.15, 0.2) is 30.6 Å². The van der Waals surface area contributed by atoms with E-state index < -0.39 is 29.2 Å². The molecule has 0 radical (unpaired) electrons. The third-order valence-electron chi connectivity index (χ3n) is 10.2. The maximum absolute atomic E-state index is 14.4. The van der Waals surface area contributed by atoms with Crippen LogP contribution in [0.25, 0.3) is 0 Å². The summed E-state index contributed by atoms with van der Waals surface area (Å²) in [5.41, 5.74) is -0.0828. The molecule has 2 N–H and O–H groups in total. The number of hydrogen-bond acceptors (Lipinski definition) is 6. The second-order valence-electron chi connectivity index (χ2n) is 13.7. The van der Waals surface area contributed by atoms with E-state index in [1.54, 1.807) is 18.5 Å². The van der Waals surface area contributed by atoms with Crippen LogP contribution in [0.2, 0.25) is 0 Å². The summed E-state index contributed by atoms with van der Waals surface area (Å²) >= 11 is 0. The third kappa shape index (κ3) is 4.95. The highest BCUT2D eigenvalue weighted by Crippen LogP contribution is 2.52. The van der Waals surface area contributed by atoms with Gasteiger partial charge in [-0.2, -0.15) is 13.2 Å². The first-order chi connectivity index (χ1) is 20.8. The van der Waals surface area contributed by atoms with E-state index in [1.807, 2.05) is 17.7 Å². The Bertz CT molecular complexity index is 1600. The number of alkyl halides is 4. The van der Waals surface area contributed by atoms with Gasteiger partial charge >= 0.3 is 6.18 Å². The molecular formula is C32H37F4N7O. The van der Waals surface area contributed by atoms with Crippen molar-refractivity contribution in [3.63, 3.8) is 0 Å². The number of nitrogens with zero attached hydrogens (tertiary/aromatic N) is 5. The largest absolute Gasteiger partial charge is 0.416 e. The number of amides is 1. The second kappa shape index (κ2) is 10.3. The van der Waals surface area contributed by atoms with Crippen LogP contribution in [0.1, 0.15) is 97.2 Å². The Labute approximate surface area is 253 Å². The minimum absolute atomic E-state index is 0.0395. The number of rotatable bonds is 8. The van der Waals surface area contributed by atoms with Crippen LogP contribution in [-0.2, 0) is 31.7 Å². The lowest BCUT2D eigenvalue weighted by Crippen LogP contribution is -2.47. The Kier molecular flexibility index (Phi) is 6.80. The Morgan fingerprint density at radius 3 is 2.45 bits per heavy atom. The van der Waals surface area contributed by atoms with E-state index in [2.05, 4.69) is 34.7 Å². The SMILES string of the molecule is CC1CC(c2cc(NC3CC(F)C3)nc(N3Cc4c(cc(CNC5(C)CCC5)cc4C(F)(F)F)C3=O)c2)(c2nncn2C)C1. The summed E-state index contributed by atoms with van der Waals surface area (Å²) < 4.78 is 58.8. The minimum atomic E-state index is -4.62. The number of fused-ring (bicyclic) bond motifs is 1. The van der Waals surface area contributed by atoms with Gasteiger partial charge in [-0.25, -0.2) is 9.37 Å². The average molecular weight is 612 g/mol. The Balaban J connectivity index is 1.27. The normalized spacial score (nSPS) is 27.4. The van der Waals surface area contributed by atoms with Crippen LogP contribution in [0, 0.1) is 5.92 Å². The highest BCUT2D eigenvalue weighted by molar-refractivity contribution is 6.10. The molecule has 0 saturated heterocycles. The van der Waals surface area contributed by atoms with E-state index in [1.165, 1.54) is 11.0 Å².